The fourth-order valence-corrected chi connectivity index (χ4v) is 7.01. The number of benzene rings is 6. The van der Waals surface area contributed by atoms with Gasteiger partial charge in [-0.2, -0.15) is 5.11 Å². The molecule has 0 spiro atoms. The molecule has 0 saturated heterocycles. The normalized spacial score (nSPS) is 11.0. The van der Waals surface area contributed by atoms with Gasteiger partial charge in [0, 0.05) is 27.6 Å². The van der Waals surface area contributed by atoms with E-state index in [0.29, 0.717) is 33.9 Å². The van der Waals surface area contributed by atoms with Crippen molar-refractivity contribution in [2.24, 2.45) is 15.6 Å². The maximum atomic E-state index is 8.00. The van der Waals surface area contributed by atoms with Crippen LogP contribution in [0.15, 0.2) is 204 Å². The first-order chi connectivity index (χ1) is 31.0. The van der Waals surface area contributed by atoms with Gasteiger partial charge < -0.3 is 38.8 Å². The summed E-state index contributed by atoms with van der Waals surface area (Å²) in [7, 11) is 0. The number of nitrogens with zero attached hydrogens (tertiary/aromatic N) is 5. The molecule has 0 aliphatic heterocycles. The van der Waals surface area contributed by atoms with Gasteiger partial charge in [-0.3, -0.25) is 0 Å². The Balaban J connectivity index is 0.000000287. The Morgan fingerprint density at radius 1 is 0.500 bits per heavy atom. The summed E-state index contributed by atoms with van der Waals surface area (Å²) in [5, 5.41) is 19.2. The van der Waals surface area contributed by atoms with Crippen molar-refractivity contribution in [3.05, 3.63) is 242 Å². The van der Waals surface area contributed by atoms with E-state index in [0.717, 1.165) is 45.6 Å². The topological polar surface area (TPSA) is 233 Å². The van der Waals surface area contributed by atoms with E-state index in [9.17, 15) is 0 Å². The first kappa shape index (κ1) is 53.8. The summed E-state index contributed by atoms with van der Waals surface area (Å²) in [6.07, 6.45) is 1.66. The van der Waals surface area contributed by atoms with E-state index in [2.05, 4.69) is 93.0 Å². The smallest absolute Gasteiger partial charge is 0.444 e. The second kappa shape index (κ2) is 28.4. The SMILES string of the molecule is Cl.Nc1cc(C(Cc2ccccc2)c2ccccc2)c(N=Nc2ccc(Cl)cc2)c(N)n1.Nc1cc(C(Cc2ccccc2)c2ccccc2)cc(N)n1.Nc1ccc(Cl)cc1.O=N[O-].[Na+]. The van der Waals surface area contributed by atoms with E-state index in [-0.39, 0.29) is 59.6 Å². The van der Waals surface area contributed by atoms with Crippen LogP contribution in [0.25, 0.3) is 0 Å². The molecule has 332 valence electrons. The molecule has 16 heteroatoms. The van der Waals surface area contributed by atoms with E-state index in [1.54, 1.807) is 48.5 Å². The maximum Gasteiger partial charge on any atom is 1.00 e. The molecule has 0 radical (unpaired) electrons. The predicted octanol–water partition coefficient (Wildman–Crippen LogP) is 9.91. The minimum atomic E-state index is -0.0182. The Morgan fingerprint density at radius 3 is 1.35 bits per heavy atom. The average Bonchev–Trinajstić information content (AvgIpc) is 3.30. The predicted molar refractivity (Wildman–Crippen MR) is 271 cm³/mol. The van der Waals surface area contributed by atoms with Crippen molar-refractivity contribution >= 4 is 75.9 Å². The van der Waals surface area contributed by atoms with Crippen molar-refractivity contribution in [2.45, 2.75) is 24.7 Å². The van der Waals surface area contributed by atoms with Crippen molar-refractivity contribution in [1.82, 2.24) is 9.97 Å². The van der Waals surface area contributed by atoms with Crippen molar-refractivity contribution in [3.8, 4) is 0 Å². The van der Waals surface area contributed by atoms with Crippen molar-refractivity contribution in [1.29, 1.82) is 0 Å². The molecule has 6 aromatic carbocycles. The average molecular weight is 950 g/mol. The summed E-state index contributed by atoms with van der Waals surface area (Å²) < 4.78 is 0. The molecule has 12 nitrogen and oxygen atoms in total. The number of anilines is 5. The number of halogens is 3. The molecule has 2 aromatic heterocycles. The van der Waals surface area contributed by atoms with E-state index < -0.39 is 0 Å². The second-order valence-corrected chi connectivity index (χ2v) is 15.1. The number of hydrogen-bond donors (Lipinski definition) is 5. The fraction of sp³-hybridized carbons (Fsp3) is 0.0800. The zero-order valence-corrected chi connectivity index (χ0v) is 40.4. The maximum absolute atomic E-state index is 8.00. The zero-order chi connectivity index (χ0) is 45.7. The number of nitrogen functional groups attached to an aromatic ring is 5. The van der Waals surface area contributed by atoms with Gasteiger partial charge in [0.15, 0.2) is 5.82 Å². The van der Waals surface area contributed by atoms with Crippen LogP contribution in [0.1, 0.15) is 45.2 Å². The second-order valence-electron chi connectivity index (χ2n) is 14.2. The molecule has 2 heterocycles. The van der Waals surface area contributed by atoms with E-state index in [4.69, 9.17) is 62.0 Å². The molecule has 0 amide bonds. The molecule has 8 aromatic rings. The monoisotopic (exact) mass is 948 g/mol. The first-order valence-corrected chi connectivity index (χ1v) is 20.7. The van der Waals surface area contributed by atoms with Crippen molar-refractivity contribution < 1.29 is 29.6 Å². The molecule has 10 N–H and O–H groups in total. The molecular weight excluding hydrogens is 902 g/mol. The molecule has 0 fully saturated rings. The van der Waals surface area contributed by atoms with E-state index >= 15 is 0 Å². The molecule has 66 heavy (non-hydrogen) atoms. The largest absolute Gasteiger partial charge is 1.00 e. The standard InChI is InChI=1S/C25H22ClN5.C19H19N3.C6H6ClN.ClH.HNO2.Na/c26-19-11-13-20(14-12-19)30-31-24-22(16-23(27)29-25(24)28)21(18-9-5-2-6-10-18)15-17-7-3-1-4-8-17;20-18-12-16(13-19(21)22-18)17(15-9-5-2-6-10-15)11-14-7-3-1-4-8-14;7-5-1-3-6(8)4-2-5;;2-1-3;/h1-14,16,21H,15H2,(H4,27,28,29);1-10,12-13,17H,11H2,(H4,20,21,22);1-4H,8H2;1H;(H,2,3);/q;;;;;+1/p-1. The van der Waals surface area contributed by atoms with Gasteiger partial charge >= 0.3 is 29.6 Å². The van der Waals surface area contributed by atoms with Crippen LogP contribution in [0.5, 0.6) is 0 Å². The van der Waals surface area contributed by atoms with Crippen LogP contribution >= 0.6 is 35.6 Å². The van der Waals surface area contributed by atoms with Gasteiger partial charge in [0.05, 0.1) is 5.69 Å². The van der Waals surface area contributed by atoms with Crippen molar-refractivity contribution in [3.63, 3.8) is 0 Å². The van der Waals surface area contributed by atoms with Gasteiger partial charge in [-0.05, 0) is 113 Å². The van der Waals surface area contributed by atoms with Crippen LogP contribution in [-0.2, 0) is 12.8 Å². The third-order valence-corrected chi connectivity index (χ3v) is 10.2. The van der Waals surface area contributed by atoms with Gasteiger partial charge in [-0.1, -0.05) is 145 Å². The Kier molecular flexibility index (Phi) is 23.2. The minimum absolute atomic E-state index is 0. The Labute approximate surface area is 423 Å². The molecule has 0 aliphatic rings. The van der Waals surface area contributed by atoms with Crippen LogP contribution < -0.4 is 58.2 Å². The van der Waals surface area contributed by atoms with E-state index in [1.165, 1.54) is 16.7 Å². The number of rotatable bonds is 10. The summed E-state index contributed by atoms with van der Waals surface area (Å²) in [4.78, 5) is 16.3. The van der Waals surface area contributed by atoms with Crippen LogP contribution in [0.3, 0.4) is 0 Å². The molecular formula is C50H48Cl3N10NaO2. The minimum Gasteiger partial charge on any atom is -0.444 e. The van der Waals surface area contributed by atoms with Gasteiger partial charge in [0.1, 0.15) is 23.1 Å². The summed E-state index contributed by atoms with van der Waals surface area (Å²) in [5.74, 6) is 1.72. The summed E-state index contributed by atoms with van der Waals surface area (Å²) >= 11 is 11.5. The Hall–Kier alpha value is -6.51. The number of hydrogen-bond acceptors (Lipinski definition) is 12. The number of nitrogens with two attached hydrogens (primary N) is 5. The molecule has 2 unspecified atom stereocenters. The fourth-order valence-electron chi connectivity index (χ4n) is 6.76. The summed E-state index contributed by atoms with van der Waals surface area (Å²) in [6.45, 7) is 0. The molecule has 0 bridgehead atoms. The van der Waals surface area contributed by atoms with Gasteiger partial charge in [0.2, 0.25) is 0 Å². The van der Waals surface area contributed by atoms with Gasteiger partial charge in [0.25, 0.3) is 0 Å². The van der Waals surface area contributed by atoms with Gasteiger partial charge in [-0.25, -0.2) is 9.97 Å². The van der Waals surface area contributed by atoms with Crippen molar-refractivity contribution in [2.75, 3.05) is 28.7 Å². The quantitative estimate of drug-likeness (QED) is 0.0288. The third kappa shape index (κ3) is 17.5. The Bertz CT molecular complexity index is 2630. The van der Waals surface area contributed by atoms with Crippen LogP contribution in [-0.4, -0.2) is 9.97 Å². The van der Waals surface area contributed by atoms with E-state index in [1.807, 2.05) is 66.7 Å². The number of azo groups is 1. The Morgan fingerprint density at radius 2 is 0.894 bits per heavy atom. The van der Waals surface area contributed by atoms with Crippen LogP contribution in [0.4, 0.5) is 40.3 Å². The zero-order valence-electron chi connectivity index (χ0n) is 36.1. The number of pyridine rings is 2. The third-order valence-electron chi connectivity index (χ3n) is 9.67. The van der Waals surface area contributed by atoms with Gasteiger partial charge in [-0.15, -0.1) is 22.9 Å². The molecule has 2 atom stereocenters. The molecule has 0 aliphatic carbocycles. The van der Waals surface area contributed by atoms with Crippen LogP contribution in [0, 0.1) is 10.1 Å². The molecule has 8 rings (SSSR count). The summed E-state index contributed by atoms with van der Waals surface area (Å²) in [5.41, 5.74) is 38.3. The summed E-state index contributed by atoms with van der Waals surface area (Å²) in [6, 6.07) is 61.3. The number of aromatic nitrogens is 2. The first-order valence-electron chi connectivity index (χ1n) is 19.9. The molecule has 0 saturated carbocycles. The van der Waals surface area contributed by atoms with Crippen LogP contribution in [0.2, 0.25) is 10.0 Å².